The lowest BCUT2D eigenvalue weighted by molar-refractivity contribution is -0.119. The summed E-state index contributed by atoms with van der Waals surface area (Å²) in [7, 11) is -3.67. The molecule has 1 amide bonds. The average Bonchev–Trinajstić information content (AvgIpc) is 3.00. The molecule has 1 heterocycles. The first-order valence-corrected chi connectivity index (χ1v) is 12.2. The average molecular weight is 521 g/mol. The smallest absolute Gasteiger partial charge is 0.260 e. The van der Waals surface area contributed by atoms with Crippen LogP contribution in [0.1, 0.15) is 17.0 Å². The van der Waals surface area contributed by atoms with Gasteiger partial charge in [-0.05, 0) is 68.4 Å². The van der Waals surface area contributed by atoms with Crippen LogP contribution in [0, 0.1) is 19.7 Å². The third-order valence-corrected chi connectivity index (χ3v) is 6.42. The first kappa shape index (κ1) is 23.7. The zero-order valence-electron chi connectivity index (χ0n) is 17.7. The van der Waals surface area contributed by atoms with Crippen molar-refractivity contribution in [1.29, 1.82) is 0 Å². The van der Waals surface area contributed by atoms with Gasteiger partial charge in [0, 0.05) is 27.1 Å². The minimum atomic E-state index is -3.67. The van der Waals surface area contributed by atoms with Crippen molar-refractivity contribution >= 4 is 43.8 Å². The van der Waals surface area contributed by atoms with Gasteiger partial charge < -0.3 is 4.57 Å². The van der Waals surface area contributed by atoms with E-state index in [-0.39, 0.29) is 5.82 Å². The van der Waals surface area contributed by atoms with Crippen molar-refractivity contribution in [3.8, 4) is 5.69 Å². The van der Waals surface area contributed by atoms with Crippen LogP contribution >= 0.6 is 15.9 Å². The number of halogens is 2. The predicted molar refractivity (Wildman–Crippen MR) is 127 cm³/mol. The van der Waals surface area contributed by atoms with Crippen molar-refractivity contribution in [2.45, 2.75) is 13.8 Å². The number of benzene rings is 2. The number of sulfonamides is 1. The van der Waals surface area contributed by atoms with E-state index in [0.29, 0.717) is 5.69 Å². The van der Waals surface area contributed by atoms with E-state index >= 15 is 0 Å². The Kier molecular flexibility index (Phi) is 7.15. The number of amides is 1. The van der Waals surface area contributed by atoms with Crippen molar-refractivity contribution in [1.82, 2.24) is 9.99 Å². The molecule has 3 aromatic rings. The second-order valence-corrected chi connectivity index (χ2v) is 10.0. The highest BCUT2D eigenvalue weighted by molar-refractivity contribution is 9.10. The van der Waals surface area contributed by atoms with Gasteiger partial charge in [-0.15, -0.1) is 0 Å². The van der Waals surface area contributed by atoms with Crippen molar-refractivity contribution in [3.63, 3.8) is 0 Å². The lowest BCUT2D eigenvalue weighted by Crippen LogP contribution is -2.39. The highest BCUT2D eigenvalue weighted by Gasteiger charge is 2.20. The Bertz CT molecular complexity index is 1250. The molecule has 10 heteroatoms. The molecule has 0 radical (unpaired) electrons. The van der Waals surface area contributed by atoms with Gasteiger partial charge in [-0.25, -0.2) is 18.2 Å². The number of hydrogen-bond donors (Lipinski definition) is 1. The van der Waals surface area contributed by atoms with E-state index in [1.807, 2.05) is 24.5 Å². The molecule has 32 heavy (non-hydrogen) atoms. The summed E-state index contributed by atoms with van der Waals surface area (Å²) in [6.45, 7) is 3.39. The van der Waals surface area contributed by atoms with Crippen LogP contribution in [0.5, 0.6) is 0 Å². The Balaban J connectivity index is 1.73. The Morgan fingerprint density at radius 2 is 1.78 bits per heavy atom. The van der Waals surface area contributed by atoms with E-state index in [4.69, 9.17) is 0 Å². The largest absolute Gasteiger partial charge is 0.318 e. The SMILES string of the molecule is Cc1cc(/C=N\NC(=O)CN(c2ccc(Br)cc2)S(C)(=O)=O)c(C)n1-c1ccc(F)cc1. The fourth-order valence-corrected chi connectivity index (χ4v) is 4.37. The number of aryl methyl sites for hydroxylation is 1. The van der Waals surface area contributed by atoms with E-state index in [2.05, 4.69) is 26.5 Å². The molecule has 1 N–H and O–H groups in total. The predicted octanol–water partition coefficient (Wildman–Crippen LogP) is 3.91. The van der Waals surface area contributed by atoms with Gasteiger partial charge in [0.1, 0.15) is 12.4 Å². The van der Waals surface area contributed by atoms with Crippen molar-refractivity contribution in [2.24, 2.45) is 5.10 Å². The normalized spacial score (nSPS) is 11.7. The summed E-state index contributed by atoms with van der Waals surface area (Å²) in [5.41, 5.74) is 6.10. The molecule has 3 rings (SSSR count). The summed E-state index contributed by atoms with van der Waals surface area (Å²) in [4.78, 5) is 12.4. The maximum atomic E-state index is 13.2. The molecule has 2 aromatic carbocycles. The number of aromatic nitrogens is 1. The maximum Gasteiger partial charge on any atom is 0.260 e. The van der Waals surface area contributed by atoms with Crippen LogP contribution in [0.15, 0.2) is 64.2 Å². The summed E-state index contributed by atoms with van der Waals surface area (Å²) in [6, 6.07) is 14.6. The van der Waals surface area contributed by atoms with Gasteiger partial charge in [0.15, 0.2) is 0 Å². The zero-order chi connectivity index (χ0) is 23.5. The second kappa shape index (κ2) is 9.66. The van der Waals surface area contributed by atoms with E-state index in [1.165, 1.54) is 18.3 Å². The molecule has 168 valence electrons. The molecule has 0 aliphatic rings. The van der Waals surface area contributed by atoms with E-state index in [0.717, 1.165) is 37.7 Å². The number of carbonyl (C=O) groups excluding carboxylic acids is 1. The quantitative estimate of drug-likeness (QED) is 0.378. The van der Waals surface area contributed by atoms with Crippen LogP contribution < -0.4 is 9.73 Å². The monoisotopic (exact) mass is 520 g/mol. The first-order valence-electron chi connectivity index (χ1n) is 9.56. The van der Waals surface area contributed by atoms with Gasteiger partial charge >= 0.3 is 0 Å². The number of nitrogens with zero attached hydrogens (tertiary/aromatic N) is 3. The molecule has 0 saturated carbocycles. The second-order valence-electron chi connectivity index (χ2n) is 7.18. The Hall–Kier alpha value is -2.98. The number of anilines is 1. The Morgan fingerprint density at radius 1 is 1.16 bits per heavy atom. The maximum absolute atomic E-state index is 13.2. The zero-order valence-corrected chi connectivity index (χ0v) is 20.1. The topological polar surface area (TPSA) is 83.8 Å². The molecule has 0 saturated heterocycles. The molecule has 1 aromatic heterocycles. The van der Waals surface area contributed by atoms with Gasteiger partial charge in [-0.3, -0.25) is 9.10 Å². The Morgan fingerprint density at radius 3 is 2.38 bits per heavy atom. The van der Waals surface area contributed by atoms with Crippen molar-refractivity contribution in [2.75, 3.05) is 17.1 Å². The van der Waals surface area contributed by atoms with E-state index < -0.39 is 22.5 Å². The minimum absolute atomic E-state index is 0.313. The van der Waals surface area contributed by atoms with Crippen LogP contribution in [0.3, 0.4) is 0 Å². The lowest BCUT2D eigenvalue weighted by atomic mass is 10.2. The van der Waals surface area contributed by atoms with Gasteiger partial charge in [0.25, 0.3) is 5.91 Å². The molecule has 0 aliphatic heterocycles. The van der Waals surface area contributed by atoms with Crippen LogP contribution in [-0.2, 0) is 14.8 Å². The highest BCUT2D eigenvalue weighted by Crippen LogP contribution is 2.21. The summed E-state index contributed by atoms with van der Waals surface area (Å²) >= 11 is 3.30. The van der Waals surface area contributed by atoms with Gasteiger partial charge in [0.05, 0.1) is 18.2 Å². The van der Waals surface area contributed by atoms with E-state index in [9.17, 15) is 17.6 Å². The molecular formula is C22H22BrFN4O3S. The lowest BCUT2D eigenvalue weighted by Gasteiger charge is -2.21. The van der Waals surface area contributed by atoms with E-state index in [1.54, 1.807) is 36.4 Å². The molecule has 0 aliphatic carbocycles. The molecule has 0 fully saturated rings. The molecule has 0 bridgehead atoms. The Labute approximate surface area is 194 Å². The number of hydrazone groups is 1. The van der Waals surface area contributed by atoms with Crippen LogP contribution in [0.25, 0.3) is 5.69 Å². The van der Waals surface area contributed by atoms with Crippen LogP contribution in [0.4, 0.5) is 10.1 Å². The van der Waals surface area contributed by atoms with Gasteiger partial charge in [0.2, 0.25) is 10.0 Å². The molecule has 0 atom stereocenters. The molecule has 0 spiro atoms. The highest BCUT2D eigenvalue weighted by atomic mass is 79.9. The first-order chi connectivity index (χ1) is 15.1. The third kappa shape index (κ3) is 5.63. The van der Waals surface area contributed by atoms with Crippen molar-refractivity contribution in [3.05, 3.63) is 81.8 Å². The fraction of sp³-hybridized carbons (Fsp3) is 0.182. The van der Waals surface area contributed by atoms with Gasteiger partial charge in [-0.2, -0.15) is 5.10 Å². The third-order valence-electron chi connectivity index (χ3n) is 4.75. The van der Waals surface area contributed by atoms with Crippen LogP contribution in [-0.4, -0.2) is 37.9 Å². The van der Waals surface area contributed by atoms with Crippen LogP contribution in [0.2, 0.25) is 0 Å². The molecular weight excluding hydrogens is 499 g/mol. The minimum Gasteiger partial charge on any atom is -0.318 e. The van der Waals surface area contributed by atoms with Crippen molar-refractivity contribution < 1.29 is 17.6 Å². The molecule has 7 nitrogen and oxygen atoms in total. The molecule has 0 unspecified atom stereocenters. The summed E-state index contributed by atoms with van der Waals surface area (Å²) in [5, 5.41) is 3.98. The number of rotatable bonds is 7. The number of carbonyl (C=O) groups is 1. The standard InChI is InChI=1S/C22H22BrFN4O3S/c1-15-12-17(16(2)28(15)21-10-6-19(24)7-11-21)13-25-26-22(29)14-27(32(3,30)31)20-8-4-18(23)5-9-20/h4-13H,14H2,1-3H3,(H,26,29)/b25-13-. The summed E-state index contributed by atoms with van der Waals surface area (Å²) in [5.74, 6) is -0.895. The number of nitrogens with one attached hydrogen (secondary N) is 1. The summed E-state index contributed by atoms with van der Waals surface area (Å²) in [6.07, 6.45) is 2.53. The van der Waals surface area contributed by atoms with Gasteiger partial charge in [-0.1, -0.05) is 15.9 Å². The number of hydrogen-bond acceptors (Lipinski definition) is 4. The fourth-order valence-electron chi connectivity index (χ4n) is 3.25. The summed E-state index contributed by atoms with van der Waals surface area (Å²) < 4.78 is 41.3.